The molecule has 1 atom stereocenters. The number of amides is 1. The number of hydrogen-bond donors (Lipinski definition) is 1. The number of nitrogens with zero attached hydrogens (tertiary/aromatic N) is 1. The molecule has 0 saturated carbocycles. The van der Waals surface area contributed by atoms with E-state index in [1.807, 2.05) is 0 Å². The quantitative estimate of drug-likeness (QED) is 0.0372. The molecule has 8 heteroatoms. The van der Waals surface area contributed by atoms with Crippen molar-refractivity contribution in [2.24, 2.45) is 16.7 Å². The van der Waals surface area contributed by atoms with E-state index >= 15 is 0 Å². The van der Waals surface area contributed by atoms with Crippen LogP contribution in [0.2, 0.25) is 0 Å². The number of esters is 1. The van der Waals surface area contributed by atoms with Crippen LogP contribution in [0.5, 0.6) is 0 Å². The molecular formula is C57H115N2O6+. The zero-order valence-corrected chi connectivity index (χ0v) is 45.4. The zero-order chi connectivity index (χ0) is 48.2. The Bertz CT molecular complexity index is 1050. The van der Waals surface area contributed by atoms with E-state index in [9.17, 15) is 9.59 Å². The van der Waals surface area contributed by atoms with E-state index in [-0.39, 0.29) is 29.5 Å². The summed E-state index contributed by atoms with van der Waals surface area (Å²) >= 11 is 0. The van der Waals surface area contributed by atoms with E-state index in [4.69, 9.17) is 18.9 Å². The molecule has 0 bridgehead atoms. The number of likely N-dealkylation sites (N-methyl/N-ethyl adjacent to an activating group) is 1. The van der Waals surface area contributed by atoms with E-state index in [0.29, 0.717) is 51.9 Å². The number of carbonyl (C=O) groups excluding carboxylic acids is 2. The van der Waals surface area contributed by atoms with Gasteiger partial charge in [-0.15, -0.1) is 0 Å². The largest absolute Gasteiger partial charge is 0.463 e. The summed E-state index contributed by atoms with van der Waals surface area (Å²) in [6.07, 6.45) is 44.0. The van der Waals surface area contributed by atoms with Crippen molar-refractivity contribution < 1.29 is 33.0 Å². The van der Waals surface area contributed by atoms with Crippen LogP contribution in [-0.2, 0) is 23.7 Å². The number of ether oxygens (including phenoxy) is 4. The smallest absolute Gasteiger partial charge is 0.407 e. The second-order valence-electron chi connectivity index (χ2n) is 22.5. The molecule has 0 aromatic rings. The van der Waals surface area contributed by atoms with Crippen LogP contribution in [0.15, 0.2) is 0 Å². The molecule has 65 heavy (non-hydrogen) atoms. The predicted octanol–water partition coefficient (Wildman–Crippen LogP) is 16.4. The number of rotatable bonds is 50. The molecule has 1 amide bonds. The Kier molecular flexibility index (Phi) is 42.9. The van der Waals surface area contributed by atoms with Crippen molar-refractivity contribution in [2.45, 2.75) is 267 Å². The maximum atomic E-state index is 12.5. The average Bonchev–Trinajstić information content (AvgIpc) is 3.26. The van der Waals surface area contributed by atoms with Gasteiger partial charge in [0.25, 0.3) is 0 Å². The van der Waals surface area contributed by atoms with Gasteiger partial charge in [0.05, 0.1) is 40.5 Å². The van der Waals surface area contributed by atoms with Crippen LogP contribution < -0.4 is 5.32 Å². The molecule has 0 aliphatic heterocycles. The molecule has 0 aliphatic rings. The first-order valence-electron chi connectivity index (χ1n) is 28.3. The lowest BCUT2D eigenvalue weighted by Crippen LogP contribution is -2.43. The first-order chi connectivity index (χ1) is 31.2. The van der Waals surface area contributed by atoms with Gasteiger partial charge in [-0.25, -0.2) is 4.79 Å². The van der Waals surface area contributed by atoms with Crippen LogP contribution in [0.4, 0.5) is 4.79 Å². The number of alkyl carbamates (subject to hydrolysis) is 1. The van der Waals surface area contributed by atoms with E-state index in [2.05, 4.69) is 67.9 Å². The Morgan fingerprint density at radius 3 is 1.37 bits per heavy atom. The second kappa shape index (κ2) is 43.9. The third kappa shape index (κ3) is 47.5. The molecule has 0 heterocycles. The van der Waals surface area contributed by atoms with Gasteiger partial charge < -0.3 is 28.7 Å². The lowest BCUT2D eigenvalue weighted by atomic mass is 9.81. The van der Waals surface area contributed by atoms with Crippen molar-refractivity contribution in [3.63, 3.8) is 0 Å². The molecule has 0 spiro atoms. The molecule has 0 aromatic carbocycles. The number of carbonyl (C=O) groups is 2. The number of hydrogen-bond acceptors (Lipinski definition) is 6. The minimum absolute atomic E-state index is 0.0127. The maximum Gasteiger partial charge on any atom is 0.407 e. The van der Waals surface area contributed by atoms with Crippen molar-refractivity contribution in [3.8, 4) is 0 Å². The van der Waals surface area contributed by atoms with E-state index in [0.717, 1.165) is 36.7 Å². The highest BCUT2D eigenvalue weighted by molar-refractivity contribution is 5.69. The summed E-state index contributed by atoms with van der Waals surface area (Å²) in [5.74, 6) is 0.160. The first kappa shape index (κ1) is 63.6. The summed E-state index contributed by atoms with van der Waals surface area (Å²) in [4.78, 5) is 24.8. The normalized spacial score (nSPS) is 12.8. The molecule has 0 saturated heterocycles. The minimum atomic E-state index is -0.382. The molecule has 1 unspecified atom stereocenters. The van der Waals surface area contributed by atoms with Gasteiger partial charge >= 0.3 is 12.1 Å². The van der Waals surface area contributed by atoms with Gasteiger partial charge in [0.2, 0.25) is 0 Å². The summed E-state index contributed by atoms with van der Waals surface area (Å²) in [7, 11) is 4.58. The third-order valence-electron chi connectivity index (χ3n) is 14.0. The fourth-order valence-corrected chi connectivity index (χ4v) is 8.73. The number of nitrogens with one attached hydrogen (secondary N) is 1. The van der Waals surface area contributed by atoms with Crippen molar-refractivity contribution in [1.82, 2.24) is 5.32 Å². The van der Waals surface area contributed by atoms with Crippen LogP contribution in [0.1, 0.15) is 267 Å². The van der Waals surface area contributed by atoms with Gasteiger partial charge in [0.15, 0.2) is 0 Å². The van der Waals surface area contributed by atoms with Gasteiger partial charge in [0.1, 0.15) is 19.8 Å². The van der Waals surface area contributed by atoms with Crippen molar-refractivity contribution in [3.05, 3.63) is 0 Å². The Morgan fingerprint density at radius 2 is 0.877 bits per heavy atom. The molecule has 0 rings (SSSR count). The van der Waals surface area contributed by atoms with Gasteiger partial charge in [-0.2, -0.15) is 0 Å². The highest BCUT2D eigenvalue weighted by Crippen LogP contribution is 2.30. The summed E-state index contributed by atoms with van der Waals surface area (Å²) in [5.41, 5.74) is 0.291. The zero-order valence-electron chi connectivity index (χ0n) is 45.4. The van der Waals surface area contributed by atoms with Crippen LogP contribution in [0, 0.1) is 16.7 Å². The SMILES string of the molecule is CCCCCCCCCCCCCCCCC(C)(C)CCOCCOC(=O)NCC(C)CCC(C)(C)CCC(=O)OCCOCC[N+](C)(C)CCCCCCCCCCCCCCCC. The Balaban J connectivity index is 3.76. The van der Waals surface area contributed by atoms with Gasteiger partial charge in [-0.1, -0.05) is 215 Å². The second-order valence-corrected chi connectivity index (χ2v) is 22.5. The monoisotopic (exact) mass is 924 g/mol. The van der Waals surface area contributed by atoms with Crippen LogP contribution in [0.25, 0.3) is 0 Å². The molecule has 388 valence electrons. The fourth-order valence-electron chi connectivity index (χ4n) is 8.73. The topological polar surface area (TPSA) is 83.1 Å². The van der Waals surface area contributed by atoms with E-state index in [1.165, 1.54) is 193 Å². The molecule has 0 fully saturated rings. The number of unbranched alkanes of at least 4 members (excludes halogenated alkanes) is 26. The minimum Gasteiger partial charge on any atom is -0.463 e. The van der Waals surface area contributed by atoms with Gasteiger partial charge in [-0.05, 0) is 61.7 Å². The maximum absolute atomic E-state index is 12.5. The van der Waals surface area contributed by atoms with E-state index < -0.39 is 0 Å². The highest BCUT2D eigenvalue weighted by atomic mass is 16.6. The molecule has 0 aliphatic carbocycles. The van der Waals surface area contributed by atoms with Gasteiger partial charge in [0, 0.05) is 19.6 Å². The lowest BCUT2D eigenvalue weighted by Gasteiger charge is -2.29. The molecule has 1 N–H and O–H groups in total. The number of quaternary nitrogens is 1. The summed E-state index contributed by atoms with van der Waals surface area (Å²) in [6.45, 7) is 21.4. The third-order valence-corrected chi connectivity index (χ3v) is 14.0. The highest BCUT2D eigenvalue weighted by Gasteiger charge is 2.22. The van der Waals surface area contributed by atoms with Crippen molar-refractivity contribution in [2.75, 3.05) is 73.4 Å². The van der Waals surface area contributed by atoms with Crippen LogP contribution >= 0.6 is 0 Å². The molecule has 0 radical (unpaired) electrons. The molecule has 0 aromatic heterocycles. The van der Waals surface area contributed by atoms with Crippen LogP contribution in [-0.4, -0.2) is 89.9 Å². The molecular weight excluding hydrogens is 809 g/mol. The standard InChI is InChI=1S/C57H114N2O6/c1-10-12-14-16-18-20-22-24-26-28-30-32-34-36-40-56(4,5)43-46-62-49-51-65-55(61)58-52-53(3)38-41-57(6,7)42-39-54(60)64-50-48-63-47-45-59(8,9)44-37-35-33-31-29-27-25-23-21-19-17-15-13-11-2/h53H,10-52H2,1-9H3/p+1. The Morgan fingerprint density at radius 1 is 0.462 bits per heavy atom. The average molecular weight is 925 g/mol. The summed E-state index contributed by atoms with van der Waals surface area (Å²) < 4.78 is 23.5. The summed E-state index contributed by atoms with van der Waals surface area (Å²) in [6, 6.07) is 0. The summed E-state index contributed by atoms with van der Waals surface area (Å²) in [5, 5.41) is 2.91. The lowest BCUT2D eigenvalue weighted by molar-refractivity contribution is -0.891. The van der Waals surface area contributed by atoms with Crippen molar-refractivity contribution in [1.29, 1.82) is 0 Å². The van der Waals surface area contributed by atoms with Crippen LogP contribution in [0.3, 0.4) is 0 Å². The Hall–Kier alpha value is -1.38. The fraction of sp³-hybridized carbons (Fsp3) is 0.965. The predicted molar refractivity (Wildman–Crippen MR) is 279 cm³/mol. The first-order valence-corrected chi connectivity index (χ1v) is 28.3. The van der Waals surface area contributed by atoms with E-state index in [1.54, 1.807) is 0 Å². The van der Waals surface area contributed by atoms with Gasteiger partial charge in [-0.3, -0.25) is 4.79 Å². The van der Waals surface area contributed by atoms with Crippen molar-refractivity contribution >= 4 is 12.1 Å². The molecule has 8 nitrogen and oxygen atoms in total. The Labute approximate surface area is 405 Å².